The highest BCUT2D eigenvalue weighted by Crippen LogP contribution is 2.23. The molecule has 1 N–H and O–H groups in total. The summed E-state index contributed by atoms with van der Waals surface area (Å²) in [6, 6.07) is 15.9. The van der Waals surface area contributed by atoms with Crippen molar-refractivity contribution >= 4 is 17.3 Å². The van der Waals surface area contributed by atoms with E-state index < -0.39 is 0 Å². The molecule has 0 bridgehead atoms. The maximum atomic E-state index is 12.3. The van der Waals surface area contributed by atoms with E-state index in [1.165, 1.54) is 11.3 Å². The Morgan fingerprint density at radius 1 is 1.04 bits per heavy atom. The van der Waals surface area contributed by atoms with Gasteiger partial charge in [-0.1, -0.05) is 30.3 Å². The second-order valence-electron chi connectivity index (χ2n) is 6.30. The van der Waals surface area contributed by atoms with Crippen molar-refractivity contribution in [3.05, 3.63) is 54.1 Å². The molecule has 3 rings (SSSR count). The summed E-state index contributed by atoms with van der Waals surface area (Å²) in [5.74, 6) is 0.675. The topological polar surface area (TPSA) is 44.8 Å². The molecule has 0 radical (unpaired) electrons. The van der Waals surface area contributed by atoms with Gasteiger partial charge in [0.15, 0.2) is 0 Å². The summed E-state index contributed by atoms with van der Waals surface area (Å²) in [4.78, 5) is 16.9. The molecule has 25 heavy (non-hydrogen) atoms. The lowest BCUT2D eigenvalue weighted by atomic mass is 10.1. The second kappa shape index (κ2) is 8.03. The third-order valence-electron chi connectivity index (χ3n) is 4.58. The van der Waals surface area contributed by atoms with E-state index in [-0.39, 0.29) is 5.91 Å². The Morgan fingerprint density at radius 3 is 2.44 bits per heavy atom. The Bertz CT molecular complexity index is 724. The molecule has 1 aliphatic heterocycles. The number of para-hydroxylation sites is 3. The minimum atomic E-state index is -0.00570. The molecule has 132 valence electrons. The number of piperazine rings is 1. The molecule has 0 atom stereocenters. The highest BCUT2D eigenvalue weighted by molar-refractivity contribution is 5.93. The van der Waals surface area contributed by atoms with Crippen LogP contribution in [0.4, 0.5) is 11.4 Å². The molecule has 1 heterocycles. The average Bonchev–Trinajstić information content (AvgIpc) is 2.63. The fourth-order valence-electron chi connectivity index (χ4n) is 3.21. The zero-order chi connectivity index (χ0) is 17.6. The van der Waals surface area contributed by atoms with E-state index in [0.717, 1.165) is 26.2 Å². The van der Waals surface area contributed by atoms with E-state index in [0.29, 0.717) is 18.0 Å². The first-order valence-electron chi connectivity index (χ1n) is 8.63. The molecule has 1 aliphatic rings. The van der Waals surface area contributed by atoms with Gasteiger partial charge in [-0.25, -0.2) is 0 Å². The van der Waals surface area contributed by atoms with Crippen LogP contribution < -0.4 is 15.0 Å². The van der Waals surface area contributed by atoms with Crippen LogP contribution in [0.15, 0.2) is 48.5 Å². The maximum Gasteiger partial charge on any atom is 0.238 e. The van der Waals surface area contributed by atoms with Crippen molar-refractivity contribution in [3.63, 3.8) is 0 Å². The number of nitrogens with one attached hydrogen (secondary N) is 1. The van der Waals surface area contributed by atoms with Crippen molar-refractivity contribution in [3.8, 4) is 5.75 Å². The first-order valence-corrected chi connectivity index (χ1v) is 8.63. The van der Waals surface area contributed by atoms with Crippen LogP contribution in [0.2, 0.25) is 0 Å². The van der Waals surface area contributed by atoms with Crippen LogP contribution in [0.3, 0.4) is 0 Å². The van der Waals surface area contributed by atoms with Gasteiger partial charge >= 0.3 is 0 Å². The molecule has 0 spiro atoms. The number of aryl methyl sites for hydroxylation is 1. The van der Waals surface area contributed by atoms with Crippen LogP contribution in [0.5, 0.6) is 5.75 Å². The monoisotopic (exact) mass is 339 g/mol. The Kier molecular flexibility index (Phi) is 5.56. The summed E-state index contributed by atoms with van der Waals surface area (Å²) in [7, 11) is 1.61. The van der Waals surface area contributed by atoms with Crippen molar-refractivity contribution in [2.45, 2.75) is 6.92 Å². The first kappa shape index (κ1) is 17.3. The number of rotatable bonds is 5. The molecule has 0 saturated carbocycles. The number of nitrogens with zero attached hydrogens (tertiary/aromatic N) is 2. The number of hydrogen-bond donors (Lipinski definition) is 1. The molecule has 2 aromatic rings. The van der Waals surface area contributed by atoms with Crippen LogP contribution in [0.25, 0.3) is 0 Å². The molecule has 5 heteroatoms. The highest BCUT2D eigenvalue weighted by Gasteiger charge is 2.20. The maximum absolute atomic E-state index is 12.3. The average molecular weight is 339 g/mol. The van der Waals surface area contributed by atoms with Crippen LogP contribution in [0, 0.1) is 6.92 Å². The second-order valence-corrected chi connectivity index (χ2v) is 6.30. The molecule has 0 aromatic heterocycles. The Hall–Kier alpha value is -2.53. The van der Waals surface area contributed by atoms with E-state index in [9.17, 15) is 4.79 Å². The third-order valence-corrected chi connectivity index (χ3v) is 4.58. The van der Waals surface area contributed by atoms with E-state index in [1.54, 1.807) is 7.11 Å². The normalized spacial score (nSPS) is 15.0. The van der Waals surface area contributed by atoms with Gasteiger partial charge in [0, 0.05) is 31.9 Å². The van der Waals surface area contributed by atoms with Gasteiger partial charge < -0.3 is 15.0 Å². The van der Waals surface area contributed by atoms with Crippen LogP contribution in [-0.4, -0.2) is 50.6 Å². The Morgan fingerprint density at radius 2 is 1.72 bits per heavy atom. The number of benzene rings is 2. The fraction of sp³-hybridized carbons (Fsp3) is 0.350. The van der Waals surface area contributed by atoms with E-state index in [4.69, 9.17) is 4.74 Å². The lowest BCUT2D eigenvalue weighted by molar-refractivity contribution is -0.117. The van der Waals surface area contributed by atoms with E-state index in [2.05, 4.69) is 46.3 Å². The summed E-state index contributed by atoms with van der Waals surface area (Å²) in [6.45, 7) is 6.18. The predicted octanol–water partition coefficient (Wildman–Crippen LogP) is 2.76. The van der Waals surface area contributed by atoms with Crippen molar-refractivity contribution in [2.24, 2.45) is 0 Å². The van der Waals surface area contributed by atoms with Gasteiger partial charge in [0.25, 0.3) is 0 Å². The van der Waals surface area contributed by atoms with E-state index >= 15 is 0 Å². The summed E-state index contributed by atoms with van der Waals surface area (Å²) in [5.41, 5.74) is 3.30. The minimum absolute atomic E-state index is 0.00570. The van der Waals surface area contributed by atoms with Crippen molar-refractivity contribution < 1.29 is 9.53 Å². The van der Waals surface area contributed by atoms with E-state index in [1.807, 2.05) is 24.3 Å². The number of methoxy groups -OCH3 is 1. The number of amides is 1. The van der Waals surface area contributed by atoms with Gasteiger partial charge in [-0.2, -0.15) is 0 Å². The molecular formula is C20H25N3O2. The quantitative estimate of drug-likeness (QED) is 0.910. The predicted molar refractivity (Wildman–Crippen MR) is 101 cm³/mol. The van der Waals surface area contributed by atoms with Crippen molar-refractivity contribution in [2.75, 3.05) is 50.1 Å². The van der Waals surface area contributed by atoms with Gasteiger partial charge in [0.2, 0.25) is 5.91 Å². The Balaban J connectivity index is 1.52. The van der Waals surface area contributed by atoms with Crippen LogP contribution in [0.1, 0.15) is 5.56 Å². The van der Waals surface area contributed by atoms with Crippen LogP contribution in [-0.2, 0) is 4.79 Å². The summed E-state index contributed by atoms with van der Waals surface area (Å²) in [6.07, 6.45) is 0. The standard InChI is InChI=1S/C20H25N3O2/c1-16-7-3-5-9-18(16)23-13-11-22(12-14-23)15-20(24)21-17-8-4-6-10-19(17)25-2/h3-10H,11-15H2,1-2H3,(H,21,24). The number of ether oxygens (including phenoxy) is 1. The molecule has 1 saturated heterocycles. The number of anilines is 2. The lowest BCUT2D eigenvalue weighted by Crippen LogP contribution is -2.48. The molecule has 1 amide bonds. The molecule has 0 aliphatic carbocycles. The molecule has 1 fully saturated rings. The summed E-state index contributed by atoms with van der Waals surface area (Å²) >= 11 is 0. The largest absolute Gasteiger partial charge is 0.495 e. The number of carbonyl (C=O) groups is 1. The molecule has 2 aromatic carbocycles. The SMILES string of the molecule is COc1ccccc1NC(=O)CN1CCN(c2ccccc2C)CC1. The van der Waals surface area contributed by atoms with Crippen molar-refractivity contribution in [1.29, 1.82) is 0 Å². The Labute approximate surface area is 149 Å². The van der Waals surface area contributed by atoms with Gasteiger partial charge in [0.05, 0.1) is 19.3 Å². The van der Waals surface area contributed by atoms with Gasteiger partial charge in [0.1, 0.15) is 5.75 Å². The third kappa shape index (κ3) is 4.31. The first-order chi connectivity index (χ1) is 12.2. The molecule has 0 unspecified atom stereocenters. The zero-order valence-corrected chi connectivity index (χ0v) is 14.9. The summed E-state index contributed by atoms with van der Waals surface area (Å²) in [5, 5.41) is 2.94. The van der Waals surface area contributed by atoms with Crippen LogP contribution >= 0.6 is 0 Å². The molecular weight excluding hydrogens is 314 g/mol. The summed E-state index contributed by atoms with van der Waals surface area (Å²) < 4.78 is 5.28. The zero-order valence-electron chi connectivity index (χ0n) is 14.9. The highest BCUT2D eigenvalue weighted by atomic mass is 16.5. The minimum Gasteiger partial charge on any atom is -0.495 e. The van der Waals surface area contributed by atoms with Crippen molar-refractivity contribution in [1.82, 2.24) is 4.90 Å². The molecule has 5 nitrogen and oxygen atoms in total. The lowest BCUT2D eigenvalue weighted by Gasteiger charge is -2.36. The number of carbonyl (C=O) groups excluding carboxylic acids is 1. The van der Waals surface area contributed by atoms with Gasteiger partial charge in [-0.3, -0.25) is 9.69 Å². The number of hydrogen-bond acceptors (Lipinski definition) is 4. The smallest absolute Gasteiger partial charge is 0.238 e. The van der Waals surface area contributed by atoms with Gasteiger partial charge in [-0.15, -0.1) is 0 Å². The van der Waals surface area contributed by atoms with Gasteiger partial charge in [-0.05, 0) is 30.7 Å². The fourth-order valence-corrected chi connectivity index (χ4v) is 3.21.